The molecule has 1 saturated heterocycles. The zero-order valence-electron chi connectivity index (χ0n) is 11.7. The first-order valence-corrected chi connectivity index (χ1v) is 7.16. The van der Waals surface area contributed by atoms with Crippen LogP contribution in [0.3, 0.4) is 0 Å². The van der Waals surface area contributed by atoms with Crippen molar-refractivity contribution in [3.05, 3.63) is 28.8 Å². The first kappa shape index (κ1) is 14.2. The molecule has 0 bridgehead atoms. The van der Waals surface area contributed by atoms with Crippen LogP contribution in [-0.2, 0) is 0 Å². The Balaban J connectivity index is 2.06. The minimum Gasteiger partial charge on any atom is -0.324 e. The van der Waals surface area contributed by atoms with Gasteiger partial charge in [-0.1, -0.05) is 31.5 Å². The largest absolute Gasteiger partial charge is 0.324 e. The van der Waals surface area contributed by atoms with E-state index in [-0.39, 0.29) is 6.03 Å². The number of anilines is 1. The standard InChI is InChI=1S/C15H21ClN2O/c1-10-7-11(2)9-18(8-10)15(19)17-14-6-4-5-13(16)12(14)3/h4-6,10-11H,7-9H2,1-3H3,(H,17,19)/t10-,11+. The Kier molecular flexibility index (Phi) is 4.35. The Morgan fingerprint density at radius 2 is 1.95 bits per heavy atom. The van der Waals surface area contributed by atoms with E-state index in [9.17, 15) is 4.79 Å². The van der Waals surface area contributed by atoms with E-state index in [1.165, 1.54) is 6.42 Å². The molecule has 1 fully saturated rings. The summed E-state index contributed by atoms with van der Waals surface area (Å²) in [5.74, 6) is 1.13. The van der Waals surface area contributed by atoms with E-state index in [1.807, 2.05) is 30.0 Å². The van der Waals surface area contributed by atoms with Gasteiger partial charge < -0.3 is 10.2 Å². The minimum atomic E-state index is -0.0243. The van der Waals surface area contributed by atoms with E-state index in [0.29, 0.717) is 16.9 Å². The molecule has 0 aliphatic carbocycles. The zero-order valence-corrected chi connectivity index (χ0v) is 12.5. The van der Waals surface area contributed by atoms with E-state index in [0.717, 1.165) is 24.3 Å². The van der Waals surface area contributed by atoms with Crippen molar-refractivity contribution in [2.75, 3.05) is 18.4 Å². The van der Waals surface area contributed by atoms with Crippen LogP contribution < -0.4 is 5.32 Å². The molecule has 3 nitrogen and oxygen atoms in total. The maximum atomic E-state index is 12.3. The highest BCUT2D eigenvalue weighted by molar-refractivity contribution is 6.31. The van der Waals surface area contributed by atoms with Crippen LogP contribution in [0, 0.1) is 18.8 Å². The lowest BCUT2D eigenvalue weighted by molar-refractivity contribution is 0.156. The van der Waals surface area contributed by atoms with Crippen molar-refractivity contribution in [1.29, 1.82) is 0 Å². The van der Waals surface area contributed by atoms with E-state index in [2.05, 4.69) is 19.2 Å². The van der Waals surface area contributed by atoms with Gasteiger partial charge in [-0.2, -0.15) is 0 Å². The van der Waals surface area contributed by atoms with Crippen molar-refractivity contribution in [1.82, 2.24) is 4.90 Å². The number of carbonyl (C=O) groups excluding carboxylic acids is 1. The summed E-state index contributed by atoms with van der Waals surface area (Å²) in [5, 5.41) is 3.64. The Labute approximate surface area is 119 Å². The van der Waals surface area contributed by atoms with Gasteiger partial charge in [0.15, 0.2) is 0 Å². The fourth-order valence-corrected chi connectivity index (χ4v) is 2.94. The van der Waals surface area contributed by atoms with Gasteiger partial charge in [-0.3, -0.25) is 0 Å². The van der Waals surface area contributed by atoms with Crippen molar-refractivity contribution in [2.45, 2.75) is 27.2 Å². The number of amides is 2. The second-order valence-corrected chi connectivity index (χ2v) is 6.10. The summed E-state index contributed by atoms with van der Waals surface area (Å²) in [6.45, 7) is 7.96. The molecule has 1 N–H and O–H groups in total. The van der Waals surface area contributed by atoms with Crippen LogP contribution in [0.1, 0.15) is 25.8 Å². The first-order chi connectivity index (χ1) is 8.97. The van der Waals surface area contributed by atoms with Crippen LogP contribution in [0.4, 0.5) is 10.5 Å². The molecule has 1 aliphatic rings. The van der Waals surface area contributed by atoms with Crippen molar-refractivity contribution in [2.24, 2.45) is 11.8 Å². The average Bonchev–Trinajstić information content (AvgIpc) is 2.33. The number of hydrogen-bond acceptors (Lipinski definition) is 1. The van der Waals surface area contributed by atoms with Gasteiger partial charge in [0.25, 0.3) is 0 Å². The molecule has 19 heavy (non-hydrogen) atoms. The van der Waals surface area contributed by atoms with Crippen molar-refractivity contribution in [3.8, 4) is 0 Å². The van der Waals surface area contributed by atoms with Crippen LogP contribution in [0.2, 0.25) is 5.02 Å². The van der Waals surface area contributed by atoms with Crippen molar-refractivity contribution >= 4 is 23.3 Å². The number of rotatable bonds is 1. The second-order valence-electron chi connectivity index (χ2n) is 5.69. The Hall–Kier alpha value is -1.22. The highest BCUT2D eigenvalue weighted by atomic mass is 35.5. The molecule has 2 atom stereocenters. The summed E-state index contributed by atoms with van der Waals surface area (Å²) >= 11 is 6.06. The molecule has 0 saturated carbocycles. The average molecular weight is 281 g/mol. The topological polar surface area (TPSA) is 32.3 Å². The van der Waals surface area contributed by atoms with Gasteiger partial charge in [0.2, 0.25) is 0 Å². The molecule has 2 amide bonds. The second kappa shape index (κ2) is 5.83. The van der Waals surface area contributed by atoms with Crippen LogP contribution in [0.5, 0.6) is 0 Å². The summed E-state index contributed by atoms with van der Waals surface area (Å²) < 4.78 is 0. The lowest BCUT2D eigenvalue weighted by atomic mass is 9.92. The van der Waals surface area contributed by atoms with Gasteiger partial charge >= 0.3 is 6.03 Å². The highest BCUT2D eigenvalue weighted by Crippen LogP contribution is 2.25. The third-order valence-corrected chi connectivity index (χ3v) is 4.07. The van der Waals surface area contributed by atoms with Crippen LogP contribution in [0.15, 0.2) is 18.2 Å². The Morgan fingerprint density at radius 1 is 1.32 bits per heavy atom. The van der Waals surface area contributed by atoms with Gasteiger partial charge in [-0.05, 0) is 42.9 Å². The third-order valence-electron chi connectivity index (χ3n) is 3.67. The lowest BCUT2D eigenvalue weighted by Crippen LogP contribution is -2.44. The fraction of sp³-hybridized carbons (Fsp3) is 0.533. The van der Waals surface area contributed by atoms with Gasteiger partial charge in [-0.15, -0.1) is 0 Å². The number of carbonyl (C=O) groups is 1. The molecule has 1 aliphatic heterocycles. The van der Waals surface area contributed by atoms with E-state index < -0.39 is 0 Å². The number of benzene rings is 1. The fourth-order valence-electron chi connectivity index (χ4n) is 2.77. The van der Waals surface area contributed by atoms with Crippen molar-refractivity contribution in [3.63, 3.8) is 0 Å². The first-order valence-electron chi connectivity index (χ1n) is 6.78. The highest BCUT2D eigenvalue weighted by Gasteiger charge is 2.25. The monoisotopic (exact) mass is 280 g/mol. The minimum absolute atomic E-state index is 0.0243. The van der Waals surface area contributed by atoms with E-state index >= 15 is 0 Å². The lowest BCUT2D eigenvalue weighted by Gasteiger charge is -2.35. The summed E-state index contributed by atoms with van der Waals surface area (Å²) in [7, 11) is 0. The van der Waals surface area contributed by atoms with Crippen LogP contribution in [0.25, 0.3) is 0 Å². The van der Waals surface area contributed by atoms with Crippen LogP contribution in [-0.4, -0.2) is 24.0 Å². The quantitative estimate of drug-likeness (QED) is 0.823. The van der Waals surface area contributed by atoms with Gasteiger partial charge in [0, 0.05) is 23.8 Å². The van der Waals surface area contributed by atoms with Gasteiger partial charge in [-0.25, -0.2) is 4.79 Å². The summed E-state index contributed by atoms with van der Waals surface area (Å²) in [4.78, 5) is 14.2. The van der Waals surface area contributed by atoms with Gasteiger partial charge in [0.1, 0.15) is 0 Å². The maximum absolute atomic E-state index is 12.3. The Bertz CT molecular complexity index is 465. The molecular weight excluding hydrogens is 260 g/mol. The normalized spacial score (nSPS) is 23.3. The molecule has 104 valence electrons. The maximum Gasteiger partial charge on any atom is 0.321 e. The molecule has 1 heterocycles. The molecule has 1 aromatic carbocycles. The molecule has 0 spiro atoms. The molecular formula is C15H21ClN2O. The molecule has 0 aromatic heterocycles. The molecule has 4 heteroatoms. The van der Waals surface area contributed by atoms with E-state index in [1.54, 1.807) is 0 Å². The third kappa shape index (κ3) is 3.41. The summed E-state index contributed by atoms with van der Waals surface area (Å²) in [6, 6.07) is 5.55. The predicted molar refractivity (Wildman–Crippen MR) is 79.7 cm³/mol. The number of likely N-dealkylation sites (tertiary alicyclic amines) is 1. The summed E-state index contributed by atoms with van der Waals surface area (Å²) in [6.07, 6.45) is 1.19. The van der Waals surface area contributed by atoms with Crippen molar-refractivity contribution < 1.29 is 4.79 Å². The molecule has 2 rings (SSSR count). The molecule has 0 radical (unpaired) electrons. The SMILES string of the molecule is Cc1c(Cl)cccc1NC(=O)N1C[C@H](C)C[C@H](C)C1. The zero-order chi connectivity index (χ0) is 14.0. The molecule has 0 unspecified atom stereocenters. The molecule has 1 aromatic rings. The van der Waals surface area contributed by atoms with E-state index in [4.69, 9.17) is 11.6 Å². The van der Waals surface area contributed by atoms with Crippen LogP contribution >= 0.6 is 11.6 Å². The smallest absolute Gasteiger partial charge is 0.321 e. The summed E-state index contributed by atoms with van der Waals surface area (Å²) in [5.41, 5.74) is 1.71. The number of piperidine rings is 1. The predicted octanol–water partition coefficient (Wildman–Crippen LogP) is 4.16. The number of urea groups is 1. The van der Waals surface area contributed by atoms with Gasteiger partial charge in [0.05, 0.1) is 0 Å². The number of nitrogens with one attached hydrogen (secondary N) is 1. The number of nitrogens with zero attached hydrogens (tertiary/aromatic N) is 1. The number of hydrogen-bond donors (Lipinski definition) is 1. The number of halogens is 1. The Morgan fingerprint density at radius 3 is 2.58 bits per heavy atom.